The van der Waals surface area contributed by atoms with E-state index < -0.39 is 6.10 Å². The van der Waals surface area contributed by atoms with Crippen LogP contribution in [0, 0.1) is 5.92 Å². The number of aliphatic hydroxyl groups is 1. The van der Waals surface area contributed by atoms with Crippen LogP contribution in [0.4, 0.5) is 0 Å². The smallest absolute Gasteiger partial charge is 0.191 e. The van der Waals surface area contributed by atoms with E-state index in [1.807, 2.05) is 0 Å². The van der Waals surface area contributed by atoms with E-state index in [2.05, 4.69) is 29.5 Å². The van der Waals surface area contributed by atoms with Crippen molar-refractivity contribution in [3.05, 3.63) is 23.8 Å². The van der Waals surface area contributed by atoms with Crippen molar-refractivity contribution < 1.29 is 14.6 Å². The van der Waals surface area contributed by atoms with Crippen molar-refractivity contribution in [2.45, 2.75) is 20.0 Å². The topological polar surface area (TPSA) is 75.1 Å². The summed E-state index contributed by atoms with van der Waals surface area (Å²) in [6.45, 7) is 5.38. The molecule has 0 saturated carbocycles. The Balaban J connectivity index is 2.69. The summed E-state index contributed by atoms with van der Waals surface area (Å²) in [5.41, 5.74) is 0.675. The summed E-state index contributed by atoms with van der Waals surface area (Å²) in [5.74, 6) is 2.48. The first-order chi connectivity index (χ1) is 10.5. The van der Waals surface area contributed by atoms with E-state index in [4.69, 9.17) is 9.47 Å². The second-order valence-corrected chi connectivity index (χ2v) is 5.35. The van der Waals surface area contributed by atoms with E-state index in [1.54, 1.807) is 39.5 Å². The van der Waals surface area contributed by atoms with Crippen LogP contribution in [0.2, 0.25) is 0 Å². The lowest BCUT2D eigenvalue weighted by atomic mass is 10.1. The van der Waals surface area contributed by atoms with Crippen LogP contribution < -0.4 is 20.1 Å². The second kappa shape index (κ2) is 9.15. The SMILES string of the molecule is CN=C(NCC(C)C)NCC(O)c1cc(OC)ccc1OC. The molecule has 0 saturated heterocycles. The van der Waals surface area contributed by atoms with Gasteiger partial charge in [-0.15, -0.1) is 0 Å². The van der Waals surface area contributed by atoms with Crippen LogP contribution in [0.1, 0.15) is 25.5 Å². The molecule has 1 rings (SSSR count). The summed E-state index contributed by atoms with van der Waals surface area (Å²) in [5, 5.41) is 16.7. The van der Waals surface area contributed by atoms with Gasteiger partial charge in [0.25, 0.3) is 0 Å². The Kier molecular flexibility index (Phi) is 7.52. The average Bonchev–Trinajstić information content (AvgIpc) is 2.53. The van der Waals surface area contributed by atoms with Crippen LogP contribution >= 0.6 is 0 Å². The molecule has 6 nitrogen and oxygen atoms in total. The zero-order valence-electron chi connectivity index (χ0n) is 14.0. The van der Waals surface area contributed by atoms with Crippen molar-refractivity contribution in [1.82, 2.24) is 10.6 Å². The summed E-state index contributed by atoms with van der Waals surface area (Å²) < 4.78 is 10.5. The maximum Gasteiger partial charge on any atom is 0.191 e. The molecule has 0 heterocycles. The molecule has 0 radical (unpaired) electrons. The van der Waals surface area contributed by atoms with Crippen molar-refractivity contribution >= 4 is 5.96 Å². The molecule has 3 N–H and O–H groups in total. The van der Waals surface area contributed by atoms with Gasteiger partial charge in [0.15, 0.2) is 5.96 Å². The molecule has 0 aromatic heterocycles. The van der Waals surface area contributed by atoms with E-state index in [0.717, 1.165) is 6.54 Å². The van der Waals surface area contributed by atoms with Crippen molar-refractivity contribution in [3.63, 3.8) is 0 Å². The normalized spacial score (nSPS) is 13.0. The number of hydrogen-bond donors (Lipinski definition) is 3. The Morgan fingerprint density at radius 2 is 1.86 bits per heavy atom. The van der Waals surface area contributed by atoms with E-state index in [1.165, 1.54) is 0 Å². The fourth-order valence-corrected chi connectivity index (χ4v) is 1.92. The molecular weight excluding hydrogens is 282 g/mol. The monoisotopic (exact) mass is 309 g/mol. The minimum Gasteiger partial charge on any atom is -0.497 e. The Morgan fingerprint density at radius 3 is 2.41 bits per heavy atom. The predicted molar refractivity (Wildman–Crippen MR) is 88.7 cm³/mol. The highest BCUT2D eigenvalue weighted by atomic mass is 16.5. The fraction of sp³-hybridized carbons (Fsp3) is 0.562. The van der Waals surface area contributed by atoms with Gasteiger partial charge < -0.3 is 25.2 Å². The molecule has 0 aliphatic rings. The van der Waals surface area contributed by atoms with Gasteiger partial charge in [-0.2, -0.15) is 0 Å². The summed E-state index contributed by atoms with van der Waals surface area (Å²) >= 11 is 0. The third kappa shape index (κ3) is 5.44. The Hall–Kier alpha value is -1.95. The van der Waals surface area contributed by atoms with Gasteiger partial charge in [-0.05, 0) is 24.1 Å². The second-order valence-electron chi connectivity index (χ2n) is 5.35. The molecule has 124 valence electrons. The van der Waals surface area contributed by atoms with Crippen LogP contribution in [0.25, 0.3) is 0 Å². The summed E-state index contributed by atoms with van der Waals surface area (Å²) in [6.07, 6.45) is -0.734. The number of nitrogens with one attached hydrogen (secondary N) is 2. The van der Waals surface area contributed by atoms with E-state index in [-0.39, 0.29) is 0 Å². The van der Waals surface area contributed by atoms with Gasteiger partial charge in [0.1, 0.15) is 11.5 Å². The number of hydrogen-bond acceptors (Lipinski definition) is 4. The highest BCUT2D eigenvalue weighted by Crippen LogP contribution is 2.28. The standard InChI is InChI=1S/C16H27N3O3/c1-11(2)9-18-16(17-3)19-10-14(20)13-8-12(21-4)6-7-15(13)22-5/h6-8,11,14,20H,9-10H2,1-5H3,(H2,17,18,19). The van der Waals surface area contributed by atoms with Crippen LogP contribution in [0.5, 0.6) is 11.5 Å². The lowest BCUT2D eigenvalue weighted by molar-refractivity contribution is 0.176. The number of benzene rings is 1. The van der Waals surface area contributed by atoms with Gasteiger partial charge >= 0.3 is 0 Å². The minimum absolute atomic E-state index is 0.321. The molecule has 0 aliphatic carbocycles. The van der Waals surface area contributed by atoms with E-state index >= 15 is 0 Å². The summed E-state index contributed by atoms with van der Waals surface area (Å²) in [6, 6.07) is 5.35. The third-order valence-electron chi connectivity index (χ3n) is 3.16. The maximum absolute atomic E-state index is 10.4. The number of aliphatic hydroxyl groups excluding tert-OH is 1. The lowest BCUT2D eigenvalue weighted by Crippen LogP contribution is -2.40. The van der Waals surface area contributed by atoms with Gasteiger partial charge in [0.05, 0.1) is 20.3 Å². The lowest BCUT2D eigenvalue weighted by Gasteiger charge is -2.18. The molecule has 1 unspecified atom stereocenters. The van der Waals surface area contributed by atoms with Crippen molar-refractivity contribution in [2.24, 2.45) is 10.9 Å². The molecular formula is C16H27N3O3. The van der Waals surface area contributed by atoms with Crippen LogP contribution in [-0.4, -0.2) is 45.4 Å². The van der Waals surface area contributed by atoms with Crippen molar-refractivity contribution in [3.8, 4) is 11.5 Å². The average molecular weight is 309 g/mol. The highest BCUT2D eigenvalue weighted by molar-refractivity contribution is 5.79. The zero-order chi connectivity index (χ0) is 16.5. The van der Waals surface area contributed by atoms with E-state index in [0.29, 0.717) is 35.5 Å². The van der Waals surface area contributed by atoms with Gasteiger partial charge in [0.2, 0.25) is 0 Å². The highest BCUT2D eigenvalue weighted by Gasteiger charge is 2.15. The number of guanidine groups is 1. The molecule has 6 heteroatoms. The first-order valence-corrected chi connectivity index (χ1v) is 7.36. The van der Waals surface area contributed by atoms with Gasteiger partial charge in [-0.1, -0.05) is 13.8 Å². The van der Waals surface area contributed by atoms with Crippen LogP contribution in [-0.2, 0) is 0 Å². The summed E-state index contributed by atoms with van der Waals surface area (Å²) in [4.78, 5) is 4.13. The Morgan fingerprint density at radius 1 is 1.18 bits per heavy atom. The molecule has 0 spiro atoms. The number of nitrogens with zero attached hydrogens (tertiary/aromatic N) is 1. The molecule has 0 bridgehead atoms. The largest absolute Gasteiger partial charge is 0.497 e. The van der Waals surface area contributed by atoms with Crippen LogP contribution in [0.15, 0.2) is 23.2 Å². The zero-order valence-corrected chi connectivity index (χ0v) is 14.0. The van der Waals surface area contributed by atoms with Crippen molar-refractivity contribution in [1.29, 1.82) is 0 Å². The number of aliphatic imine (C=N–C) groups is 1. The molecule has 0 amide bonds. The molecule has 0 aliphatic heterocycles. The molecule has 22 heavy (non-hydrogen) atoms. The molecule has 1 aromatic rings. The predicted octanol–water partition coefficient (Wildman–Crippen LogP) is 1.56. The first kappa shape index (κ1) is 18.1. The molecule has 0 fully saturated rings. The minimum atomic E-state index is -0.734. The van der Waals surface area contributed by atoms with Gasteiger partial charge in [0, 0.05) is 25.7 Å². The van der Waals surface area contributed by atoms with Crippen molar-refractivity contribution in [2.75, 3.05) is 34.4 Å². The quantitative estimate of drug-likeness (QED) is 0.526. The maximum atomic E-state index is 10.4. The number of rotatable bonds is 7. The fourth-order valence-electron chi connectivity index (χ4n) is 1.92. The number of ether oxygens (including phenoxy) is 2. The first-order valence-electron chi connectivity index (χ1n) is 7.36. The van der Waals surface area contributed by atoms with Gasteiger partial charge in [-0.25, -0.2) is 0 Å². The van der Waals surface area contributed by atoms with Gasteiger partial charge in [-0.3, -0.25) is 4.99 Å². The Bertz CT molecular complexity index is 490. The molecule has 1 aromatic carbocycles. The molecule has 1 atom stereocenters. The number of methoxy groups -OCH3 is 2. The third-order valence-corrected chi connectivity index (χ3v) is 3.16. The Labute approximate surface area is 132 Å². The van der Waals surface area contributed by atoms with Crippen LogP contribution in [0.3, 0.4) is 0 Å². The van der Waals surface area contributed by atoms with E-state index in [9.17, 15) is 5.11 Å². The summed E-state index contributed by atoms with van der Waals surface area (Å²) in [7, 11) is 4.87.